The van der Waals surface area contributed by atoms with Gasteiger partial charge in [-0.2, -0.15) is 8.42 Å². The topological polar surface area (TPSA) is 138 Å². The van der Waals surface area contributed by atoms with Crippen LogP contribution in [0, 0.1) is 0 Å². The maximum atomic E-state index is 13.3. The van der Waals surface area contributed by atoms with E-state index < -0.39 is 21.8 Å². The molecule has 0 aliphatic heterocycles. The summed E-state index contributed by atoms with van der Waals surface area (Å²) in [6.07, 6.45) is 0.326. The monoisotopic (exact) mass is 573 g/mol. The number of nitrogens with one attached hydrogen (secondary N) is 1. The van der Waals surface area contributed by atoms with Crippen molar-refractivity contribution in [3.63, 3.8) is 0 Å². The molecule has 4 rings (SSSR count). The highest BCUT2D eigenvalue weighted by Crippen LogP contribution is 2.42. The average Bonchev–Trinajstić information content (AvgIpc) is 2.88. The van der Waals surface area contributed by atoms with Crippen LogP contribution < -0.4 is 10.1 Å². The Bertz CT molecular complexity index is 1710. The summed E-state index contributed by atoms with van der Waals surface area (Å²) in [6, 6.07) is 15.6. The number of para-hydroxylation sites is 1. The van der Waals surface area contributed by atoms with Crippen LogP contribution in [0.3, 0.4) is 0 Å². The predicted octanol–water partition coefficient (Wildman–Crippen LogP) is 7.34. The van der Waals surface area contributed by atoms with Crippen molar-refractivity contribution in [1.29, 1.82) is 0 Å². The number of benzene rings is 4. The highest BCUT2D eigenvalue weighted by molar-refractivity contribution is 7.85. The number of methoxy groups -OCH3 is 1. The van der Waals surface area contributed by atoms with Gasteiger partial charge in [0.25, 0.3) is 16.0 Å². The molecule has 0 radical (unpaired) electrons. The Morgan fingerprint density at radius 1 is 1.00 bits per heavy atom. The van der Waals surface area contributed by atoms with Gasteiger partial charge in [0.15, 0.2) is 5.75 Å². The fourth-order valence-electron chi connectivity index (χ4n) is 3.83. The molecule has 0 aliphatic carbocycles. The average molecular weight is 574 g/mol. The normalized spacial score (nSPS) is 11.7. The predicted molar refractivity (Wildman–Crippen MR) is 146 cm³/mol. The van der Waals surface area contributed by atoms with E-state index in [1.165, 1.54) is 19.2 Å². The van der Waals surface area contributed by atoms with Gasteiger partial charge in [0.2, 0.25) is 0 Å². The zero-order valence-corrected chi connectivity index (χ0v) is 22.4. The van der Waals surface area contributed by atoms with Crippen LogP contribution in [0.2, 0.25) is 10.0 Å². The Morgan fingerprint density at radius 3 is 2.39 bits per heavy atom. The maximum absolute atomic E-state index is 13.3. The highest BCUT2D eigenvalue weighted by Gasteiger charge is 2.21. The van der Waals surface area contributed by atoms with Gasteiger partial charge in [-0.25, -0.2) is 0 Å². The summed E-state index contributed by atoms with van der Waals surface area (Å²) in [4.78, 5) is 12.9. The molecule has 38 heavy (non-hydrogen) atoms. The lowest BCUT2D eigenvalue weighted by Crippen LogP contribution is -2.13. The molecule has 0 fully saturated rings. The molecule has 0 atom stereocenters. The zero-order valence-electron chi connectivity index (χ0n) is 20.1. The van der Waals surface area contributed by atoms with E-state index in [0.717, 1.165) is 6.07 Å². The summed E-state index contributed by atoms with van der Waals surface area (Å²) in [5.41, 5.74) is 0.688. The second-order valence-electron chi connectivity index (χ2n) is 8.06. The SMILES string of the molecule is CCc1cc(S(=O)(=O)O)cc(Cl)c1N=Nc1c(O)c(C(=O)Nc2c(Cl)cccc2OC)cc2ccccc12. The maximum Gasteiger partial charge on any atom is 0.294 e. The van der Waals surface area contributed by atoms with E-state index in [4.69, 9.17) is 27.9 Å². The van der Waals surface area contributed by atoms with E-state index in [-0.39, 0.29) is 37.6 Å². The molecule has 0 aliphatic rings. The lowest BCUT2D eigenvalue weighted by molar-refractivity contribution is 0.102. The summed E-state index contributed by atoms with van der Waals surface area (Å²) in [7, 11) is -3.05. The minimum atomic E-state index is -4.49. The number of azo groups is 1. The first-order chi connectivity index (χ1) is 18.0. The molecule has 4 aromatic carbocycles. The molecule has 196 valence electrons. The third kappa shape index (κ3) is 5.44. The van der Waals surface area contributed by atoms with Crippen molar-refractivity contribution in [2.45, 2.75) is 18.2 Å². The number of phenols is 1. The fraction of sp³-hybridized carbons (Fsp3) is 0.115. The molecular formula is C26H21Cl2N3O6S. The molecule has 1 amide bonds. The smallest absolute Gasteiger partial charge is 0.294 e. The highest BCUT2D eigenvalue weighted by atomic mass is 35.5. The quantitative estimate of drug-likeness (QED) is 0.156. The molecule has 0 saturated carbocycles. The van der Waals surface area contributed by atoms with Crippen molar-refractivity contribution >= 4 is 67.1 Å². The van der Waals surface area contributed by atoms with Gasteiger partial charge in [0.05, 0.1) is 27.6 Å². The molecule has 4 aromatic rings. The number of anilines is 1. The van der Waals surface area contributed by atoms with E-state index in [2.05, 4.69) is 15.5 Å². The second kappa shape index (κ2) is 11.0. The first-order valence-corrected chi connectivity index (χ1v) is 13.3. The number of aromatic hydroxyl groups is 1. The summed E-state index contributed by atoms with van der Waals surface area (Å²) < 4.78 is 37.8. The number of aryl methyl sites for hydroxylation is 1. The van der Waals surface area contributed by atoms with Gasteiger partial charge in [0.1, 0.15) is 22.8 Å². The molecular weight excluding hydrogens is 553 g/mol. The van der Waals surface area contributed by atoms with Crippen LogP contribution in [-0.4, -0.2) is 31.1 Å². The first kappa shape index (κ1) is 27.3. The minimum absolute atomic E-state index is 0.00338. The van der Waals surface area contributed by atoms with Gasteiger partial charge in [-0.15, -0.1) is 10.2 Å². The van der Waals surface area contributed by atoms with Gasteiger partial charge in [-0.1, -0.05) is 60.5 Å². The van der Waals surface area contributed by atoms with Gasteiger partial charge < -0.3 is 15.2 Å². The van der Waals surface area contributed by atoms with Gasteiger partial charge in [-0.3, -0.25) is 9.35 Å². The second-order valence-corrected chi connectivity index (χ2v) is 10.3. The summed E-state index contributed by atoms with van der Waals surface area (Å²) in [5.74, 6) is -0.776. The van der Waals surface area contributed by atoms with E-state index in [1.807, 2.05) is 0 Å². The van der Waals surface area contributed by atoms with Crippen LogP contribution in [0.5, 0.6) is 11.5 Å². The van der Waals surface area contributed by atoms with Crippen molar-refractivity contribution in [3.05, 3.63) is 81.8 Å². The van der Waals surface area contributed by atoms with Crippen LogP contribution >= 0.6 is 23.2 Å². The van der Waals surface area contributed by atoms with Crippen LogP contribution in [0.1, 0.15) is 22.8 Å². The number of nitrogens with zero attached hydrogens (tertiary/aromatic N) is 2. The molecule has 3 N–H and O–H groups in total. The lowest BCUT2D eigenvalue weighted by atomic mass is 10.0. The number of amides is 1. The van der Waals surface area contributed by atoms with Crippen LogP contribution in [-0.2, 0) is 16.5 Å². The first-order valence-electron chi connectivity index (χ1n) is 11.1. The third-order valence-electron chi connectivity index (χ3n) is 5.72. The van der Waals surface area contributed by atoms with Crippen LogP contribution in [0.15, 0.2) is 75.8 Å². The van der Waals surface area contributed by atoms with E-state index in [0.29, 0.717) is 28.5 Å². The number of hydrogen-bond acceptors (Lipinski definition) is 7. The summed E-state index contributed by atoms with van der Waals surface area (Å²) in [6.45, 7) is 1.75. The van der Waals surface area contributed by atoms with Crippen molar-refractivity contribution in [1.82, 2.24) is 0 Å². The van der Waals surface area contributed by atoms with E-state index in [1.54, 1.807) is 49.4 Å². The van der Waals surface area contributed by atoms with E-state index >= 15 is 0 Å². The molecule has 0 aromatic heterocycles. The molecule has 12 heteroatoms. The molecule has 0 saturated heterocycles. The van der Waals surface area contributed by atoms with Crippen LogP contribution in [0.25, 0.3) is 10.8 Å². The number of fused-ring (bicyclic) bond motifs is 1. The standard InChI is InChI=1S/C26H21Cl2N3O6S/c1-3-14-11-16(38(34,35)36)13-20(28)22(14)30-31-23-17-8-5-4-7-15(17)12-18(25(23)32)26(33)29-24-19(27)9-6-10-21(24)37-2/h4-13,32H,3H2,1-2H3,(H,29,33)(H,34,35,36). The Morgan fingerprint density at radius 2 is 1.71 bits per heavy atom. The minimum Gasteiger partial charge on any atom is -0.505 e. The number of halogens is 2. The van der Waals surface area contributed by atoms with Gasteiger partial charge in [-0.05, 0) is 47.7 Å². The van der Waals surface area contributed by atoms with Crippen molar-refractivity contribution in [2.24, 2.45) is 10.2 Å². The number of hydrogen-bond donors (Lipinski definition) is 3. The molecule has 0 unspecified atom stereocenters. The number of carbonyl (C=O) groups is 1. The van der Waals surface area contributed by atoms with Crippen molar-refractivity contribution in [3.8, 4) is 11.5 Å². The third-order valence-corrected chi connectivity index (χ3v) is 7.15. The van der Waals surface area contributed by atoms with Crippen molar-refractivity contribution < 1.29 is 27.6 Å². The van der Waals surface area contributed by atoms with Gasteiger partial charge >= 0.3 is 0 Å². The van der Waals surface area contributed by atoms with Gasteiger partial charge in [0, 0.05) is 5.39 Å². The fourth-order valence-corrected chi connectivity index (χ4v) is 4.94. The number of phenolic OH excluding ortho intramolecular Hbond substituents is 1. The molecule has 9 nitrogen and oxygen atoms in total. The Hall–Kier alpha value is -3.70. The molecule has 0 bridgehead atoms. The molecule has 0 spiro atoms. The van der Waals surface area contributed by atoms with E-state index in [9.17, 15) is 22.9 Å². The zero-order chi connectivity index (χ0) is 27.6. The number of rotatable bonds is 7. The Balaban J connectivity index is 1.83. The summed E-state index contributed by atoms with van der Waals surface area (Å²) in [5, 5.41) is 23.5. The Kier molecular flexibility index (Phi) is 7.89. The summed E-state index contributed by atoms with van der Waals surface area (Å²) >= 11 is 12.5. The van der Waals surface area contributed by atoms with Crippen molar-refractivity contribution in [2.75, 3.05) is 12.4 Å². The van der Waals surface area contributed by atoms with Crippen LogP contribution in [0.4, 0.5) is 17.1 Å². The largest absolute Gasteiger partial charge is 0.505 e. The Labute approximate surface area is 228 Å². The number of ether oxygens (including phenoxy) is 1. The number of carbonyl (C=O) groups excluding carboxylic acids is 1. The lowest BCUT2D eigenvalue weighted by Gasteiger charge is -2.14. The molecule has 0 heterocycles.